The van der Waals surface area contributed by atoms with Gasteiger partial charge in [0.05, 0.1) is 10.7 Å². The van der Waals surface area contributed by atoms with Gasteiger partial charge in [0.2, 0.25) is 0 Å². The van der Waals surface area contributed by atoms with Crippen molar-refractivity contribution in [1.29, 1.82) is 0 Å². The molecule has 0 aliphatic carbocycles. The SMILES string of the molecule is C=CC=Cc1cc(C=Cc2ccccc2)c2c(c1)=NC(Cl)(C#CCl)N=2. The molecule has 0 saturated carbocycles. The van der Waals surface area contributed by atoms with E-state index >= 15 is 0 Å². The molecule has 25 heavy (non-hydrogen) atoms. The summed E-state index contributed by atoms with van der Waals surface area (Å²) in [5.41, 5.74) is 2.98. The van der Waals surface area contributed by atoms with E-state index < -0.39 is 5.12 Å². The zero-order valence-corrected chi connectivity index (χ0v) is 14.8. The Morgan fingerprint density at radius 2 is 1.80 bits per heavy atom. The van der Waals surface area contributed by atoms with E-state index in [0.717, 1.165) is 16.7 Å². The summed E-state index contributed by atoms with van der Waals surface area (Å²) in [6.07, 6.45) is 9.55. The molecule has 0 fully saturated rings. The normalized spacial score (nSPS) is 18.3. The molecule has 1 aliphatic rings. The number of halogens is 2. The molecule has 1 atom stereocenters. The summed E-state index contributed by atoms with van der Waals surface area (Å²) in [5.74, 6) is 2.62. The van der Waals surface area contributed by atoms with Crippen LogP contribution in [0, 0.1) is 11.3 Å². The number of alkyl halides is 1. The van der Waals surface area contributed by atoms with Gasteiger partial charge in [-0.3, -0.25) is 0 Å². The first-order valence-corrected chi connectivity index (χ1v) is 8.37. The topological polar surface area (TPSA) is 24.7 Å². The third-order valence-electron chi connectivity index (χ3n) is 3.56. The van der Waals surface area contributed by atoms with Gasteiger partial charge in [-0.25, -0.2) is 9.98 Å². The molecule has 0 aromatic heterocycles. The smallest absolute Gasteiger partial charge is 0.227 e. The molecule has 1 aliphatic heterocycles. The first kappa shape index (κ1) is 17.2. The fraction of sp³-hybridized carbons (Fsp3) is 0.0476. The van der Waals surface area contributed by atoms with Crippen molar-refractivity contribution in [3.05, 3.63) is 88.6 Å². The van der Waals surface area contributed by atoms with Crippen molar-refractivity contribution in [1.82, 2.24) is 0 Å². The Morgan fingerprint density at radius 1 is 1.00 bits per heavy atom. The first-order valence-electron chi connectivity index (χ1n) is 7.61. The highest BCUT2D eigenvalue weighted by molar-refractivity contribution is 6.32. The maximum Gasteiger partial charge on any atom is 0.293 e. The summed E-state index contributed by atoms with van der Waals surface area (Å²) in [4.78, 5) is 8.86. The van der Waals surface area contributed by atoms with Gasteiger partial charge >= 0.3 is 0 Å². The highest BCUT2D eigenvalue weighted by atomic mass is 35.5. The highest BCUT2D eigenvalue weighted by Gasteiger charge is 2.26. The summed E-state index contributed by atoms with van der Waals surface area (Å²) in [6, 6.07) is 14.0. The van der Waals surface area contributed by atoms with Crippen molar-refractivity contribution in [2.75, 3.05) is 0 Å². The predicted molar refractivity (Wildman–Crippen MR) is 106 cm³/mol. The molecule has 0 spiro atoms. The van der Waals surface area contributed by atoms with Crippen molar-refractivity contribution < 1.29 is 0 Å². The Bertz CT molecular complexity index is 1040. The second-order valence-corrected chi connectivity index (χ2v) is 6.06. The molecule has 0 bridgehead atoms. The van der Waals surface area contributed by atoms with Crippen molar-refractivity contribution in [2.24, 2.45) is 9.98 Å². The summed E-state index contributed by atoms with van der Waals surface area (Å²) in [6.45, 7) is 3.70. The molecule has 2 nitrogen and oxygen atoms in total. The monoisotopic (exact) mass is 364 g/mol. The Labute approximate surface area is 156 Å². The summed E-state index contributed by atoms with van der Waals surface area (Å²) < 4.78 is 0. The molecule has 2 aromatic carbocycles. The van der Waals surface area contributed by atoms with Gasteiger partial charge in [-0.2, -0.15) is 0 Å². The van der Waals surface area contributed by atoms with E-state index in [1.165, 1.54) is 0 Å². The van der Waals surface area contributed by atoms with E-state index in [0.29, 0.717) is 10.7 Å². The standard InChI is InChI=1S/C21H14Cl2N2/c1-2-3-7-17-14-18(11-10-16-8-5-4-6-9-16)20-19(15-17)24-21(23,25-20)12-13-22/h2-11,14-15H,1H2. The second kappa shape index (κ2) is 7.53. The molecule has 3 rings (SSSR count). The van der Waals surface area contributed by atoms with Gasteiger partial charge in [0.25, 0.3) is 5.12 Å². The lowest BCUT2D eigenvalue weighted by Gasteiger charge is -2.03. The van der Waals surface area contributed by atoms with Gasteiger partial charge in [-0.05, 0) is 40.8 Å². The molecule has 2 aromatic rings. The molecular formula is C21H14Cl2N2. The van der Waals surface area contributed by atoms with Crippen LogP contribution in [0.4, 0.5) is 0 Å². The van der Waals surface area contributed by atoms with Crippen LogP contribution in [0.15, 0.2) is 71.2 Å². The molecule has 4 heteroatoms. The van der Waals surface area contributed by atoms with Crippen LogP contribution in [0.5, 0.6) is 0 Å². The van der Waals surface area contributed by atoms with Gasteiger partial charge in [-0.15, -0.1) is 0 Å². The molecular weight excluding hydrogens is 351 g/mol. The lowest BCUT2D eigenvalue weighted by atomic mass is 10.1. The number of allylic oxidation sites excluding steroid dienone is 2. The molecule has 122 valence electrons. The number of hydrogen-bond donors (Lipinski definition) is 0. The third-order valence-corrected chi connectivity index (χ3v) is 3.91. The van der Waals surface area contributed by atoms with E-state index in [-0.39, 0.29) is 0 Å². The van der Waals surface area contributed by atoms with Gasteiger partial charge in [-0.1, -0.05) is 78.9 Å². The van der Waals surface area contributed by atoms with Crippen LogP contribution in [-0.4, -0.2) is 5.12 Å². The van der Waals surface area contributed by atoms with Gasteiger partial charge in [0.15, 0.2) is 0 Å². The molecule has 0 N–H and O–H groups in total. The predicted octanol–water partition coefficient (Wildman–Crippen LogP) is 4.40. The fourth-order valence-corrected chi connectivity index (χ4v) is 2.88. The number of rotatable bonds is 4. The van der Waals surface area contributed by atoms with E-state index in [4.69, 9.17) is 23.2 Å². The minimum Gasteiger partial charge on any atom is -0.227 e. The maximum absolute atomic E-state index is 6.33. The zero-order valence-electron chi connectivity index (χ0n) is 13.3. The largest absolute Gasteiger partial charge is 0.293 e. The summed E-state index contributed by atoms with van der Waals surface area (Å²) in [5, 5.41) is 2.30. The molecule has 0 saturated heterocycles. The van der Waals surface area contributed by atoms with Crippen LogP contribution in [-0.2, 0) is 0 Å². The number of fused-ring (bicyclic) bond motifs is 1. The first-order chi connectivity index (χ1) is 12.1. The van der Waals surface area contributed by atoms with E-state index in [9.17, 15) is 0 Å². The lowest BCUT2D eigenvalue weighted by Crippen LogP contribution is -2.24. The minimum absolute atomic E-state index is 0.688. The Balaban J connectivity index is 2.15. The number of benzene rings is 2. The van der Waals surface area contributed by atoms with E-state index in [2.05, 4.69) is 27.9 Å². The third kappa shape index (κ3) is 4.09. The fourth-order valence-electron chi connectivity index (χ4n) is 2.47. The van der Waals surface area contributed by atoms with Gasteiger partial charge in [0, 0.05) is 10.9 Å². The van der Waals surface area contributed by atoms with Crippen molar-refractivity contribution in [2.45, 2.75) is 5.12 Å². The van der Waals surface area contributed by atoms with E-state index in [1.807, 2.05) is 66.8 Å². The minimum atomic E-state index is -1.36. The summed E-state index contributed by atoms with van der Waals surface area (Å²) >= 11 is 11.8. The van der Waals surface area contributed by atoms with E-state index in [1.54, 1.807) is 6.08 Å². The average Bonchev–Trinajstić information content (AvgIpc) is 2.95. The number of nitrogens with zero attached hydrogens (tertiary/aromatic N) is 2. The summed E-state index contributed by atoms with van der Waals surface area (Å²) in [7, 11) is 0. The molecule has 1 heterocycles. The second-order valence-electron chi connectivity index (χ2n) is 5.35. The molecule has 0 amide bonds. The quantitative estimate of drug-likeness (QED) is 0.252. The highest BCUT2D eigenvalue weighted by Crippen LogP contribution is 2.20. The van der Waals surface area contributed by atoms with Gasteiger partial charge in [0.1, 0.15) is 0 Å². The van der Waals surface area contributed by atoms with Crippen LogP contribution in [0.1, 0.15) is 16.7 Å². The van der Waals surface area contributed by atoms with Crippen LogP contribution in [0.2, 0.25) is 0 Å². The number of hydrogen-bond acceptors (Lipinski definition) is 2. The lowest BCUT2D eigenvalue weighted by molar-refractivity contribution is 0.810. The van der Waals surface area contributed by atoms with Gasteiger partial charge < -0.3 is 0 Å². The van der Waals surface area contributed by atoms with Crippen LogP contribution in [0.3, 0.4) is 0 Å². The van der Waals surface area contributed by atoms with Crippen LogP contribution >= 0.6 is 23.2 Å². The zero-order chi connectivity index (χ0) is 17.7. The van der Waals surface area contributed by atoms with Crippen LogP contribution in [0.25, 0.3) is 18.2 Å². The van der Waals surface area contributed by atoms with Crippen molar-refractivity contribution >= 4 is 41.4 Å². The van der Waals surface area contributed by atoms with Crippen molar-refractivity contribution in [3.63, 3.8) is 0 Å². The Hall–Kier alpha value is -2.60. The van der Waals surface area contributed by atoms with Crippen LogP contribution < -0.4 is 10.7 Å². The Morgan fingerprint density at radius 3 is 2.52 bits per heavy atom. The average molecular weight is 365 g/mol. The Kier molecular flexibility index (Phi) is 5.19. The molecule has 1 unspecified atom stereocenters. The maximum atomic E-state index is 6.33. The molecule has 0 radical (unpaired) electrons. The van der Waals surface area contributed by atoms with Crippen molar-refractivity contribution in [3.8, 4) is 11.3 Å².